The zero-order valence-electron chi connectivity index (χ0n) is 14.0. The van der Waals surface area contributed by atoms with Crippen molar-refractivity contribution in [2.24, 2.45) is 0 Å². The summed E-state index contributed by atoms with van der Waals surface area (Å²) in [5.74, 6) is 0.119. The van der Waals surface area contributed by atoms with E-state index >= 15 is 0 Å². The third-order valence-corrected chi connectivity index (χ3v) is 4.29. The smallest absolute Gasteiger partial charge is 0.255 e. The molecule has 0 spiro atoms. The van der Waals surface area contributed by atoms with Crippen LogP contribution in [-0.4, -0.2) is 28.9 Å². The average molecular weight is 369 g/mol. The predicted molar refractivity (Wildman–Crippen MR) is 96.1 cm³/mol. The maximum Gasteiger partial charge on any atom is 0.255 e. The summed E-state index contributed by atoms with van der Waals surface area (Å²) in [7, 11) is 0. The number of hydrogen-bond acceptors (Lipinski definition) is 2. The summed E-state index contributed by atoms with van der Waals surface area (Å²) < 4.78 is 0.765. The number of carbonyl (C=O) groups is 1. The van der Waals surface area contributed by atoms with E-state index in [0.29, 0.717) is 5.56 Å². The van der Waals surface area contributed by atoms with Gasteiger partial charge in [-0.25, -0.2) is 4.98 Å². The van der Waals surface area contributed by atoms with Crippen molar-refractivity contribution in [1.82, 2.24) is 9.88 Å². The minimum Gasteiger partial charge on any atom is -0.339 e. The van der Waals surface area contributed by atoms with E-state index in [1.807, 2.05) is 17.0 Å². The van der Waals surface area contributed by atoms with Gasteiger partial charge in [-0.2, -0.15) is 0 Å². The molecule has 0 fully saturated rings. The lowest BCUT2D eigenvalue weighted by atomic mass is 10.1. The second-order valence-corrected chi connectivity index (χ2v) is 6.60. The molecule has 1 aromatic heterocycles. The number of nitrogens with zero attached hydrogens (tertiary/aromatic N) is 2. The van der Waals surface area contributed by atoms with Crippen molar-refractivity contribution in [2.75, 3.05) is 13.1 Å². The lowest BCUT2D eigenvalue weighted by Crippen LogP contribution is -2.33. The van der Waals surface area contributed by atoms with Crippen molar-refractivity contribution in [2.45, 2.75) is 65.2 Å². The Morgan fingerprint density at radius 3 is 2.05 bits per heavy atom. The third-order valence-electron chi connectivity index (χ3n) is 3.82. The molecule has 0 unspecified atom stereocenters. The third kappa shape index (κ3) is 7.39. The van der Waals surface area contributed by atoms with E-state index in [2.05, 4.69) is 34.8 Å². The number of amides is 1. The quantitative estimate of drug-likeness (QED) is 0.384. The maximum atomic E-state index is 12.7. The predicted octanol–water partition coefficient (Wildman–Crippen LogP) is 5.45. The van der Waals surface area contributed by atoms with Crippen molar-refractivity contribution in [3.05, 3.63) is 28.5 Å². The number of hydrogen-bond donors (Lipinski definition) is 0. The summed E-state index contributed by atoms with van der Waals surface area (Å²) in [6, 6.07) is 3.68. The van der Waals surface area contributed by atoms with E-state index in [1.165, 1.54) is 38.5 Å². The van der Waals surface area contributed by atoms with Crippen LogP contribution in [0.1, 0.15) is 75.6 Å². The molecule has 1 amide bonds. The van der Waals surface area contributed by atoms with E-state index in [4.69, 9.17) is 0 Å². The van der Waals surface area contributed by atoms with Gasteiger partial charge in [0.2, 0.25) is 0 Å². The molecule has 124 valence electrons. The molecule has 0 atom stereocenters. The van der Waals surface area contributed by atoms with Gasteiger partial charge in [-0.15, -0.1) is 0 Å². The number of rotatable bonds is 11. The van der Waals surface area contributed by atoms with Crippen LogP contribution in [0.3, 0.4) is 0 Å². The first-order valence-corrected chi connectivity index (χ1v) is 9.39. The van der Waals surface area contributed by atoms with Crippen LogP contribution in [-0.2, 0) is 0 Å². The molecule has 0 bridgehead atoms. The van der Waals surface area contributed by atoms with E-state index in [1.54, 1.807) is 6.20 Å². The highest BCUT2D eigenvalue weighted by Crippen LogP contribution is 2.12. The number of unbranched alkanes of at least 4 members (excludes halogenated alkanes) is 6. The van der Waals surface area contributed by atoms with E-state index in [9.17, 15) is 4.79 Å². The molecule has 0 saturated heterocycles. The van der Waals surface area contributed by atoms with Crippen LogP contribution in [0.15, 0.2) is 22.9 Å². The summed E-state index contributed by atoms with van der Waals surface area (Å²) in [6.45, 7) is 6.14. The van der Waals surface area contributed by atoms with Crippen molar-refractivity contribution in [1.29, 1.82) is 0 Å². The molecule has 0 aromatic carbocycles. The van der Waals surface area contributed by atoms with Crippen LogP contribution in [0.5, 0.6) is 0 Å². The summed E-state index contributed by atoms with van der Waals surface area (Å²) in [6.07, 6.45) is 11.2. The zero-order chi connectivity index (χ0) is 16.2. The first-order chi connectivity index (χ1) is 10.7. The molecule has 0 aliphatic rings. The average Bonchev–Trinajstić information content (AvgIpc) is 2.53. The fourth-order valence-corrected chi connectivity index (χ4v) is 2.69. The minimum absolute atomic E-state index is 0.119. The molecule has 1 aromatic rings. The Balaban J connectivity index is 2.57. The van der Waals surface area contributed by atoms with Gasteiger partial charge in [-0.1, -0.05) is 52.4 Å². The number of halogens is 1. The molecule has 0 aliphatic heterocycles. The van der Waals surface area contributed by atoms with Crippen LogP contribution < -0.4 is 0 Å². The van der Waals surface area contributed by atoms with Gasteiger partial charge in [0.1, 0.15) is 4.60 Å². The zero-order valence-corrected chi connectivity index (χ0v) is 15.6. The highest BCUT2D eigenvalue weighted by molar-refractivity contribution is 9.10. The lowest BCUT2D eigenvalue weighted by molar-refractivity contribution is 0.0749. The van der Waals surface area contributed by atoms with Gasteiger partial charge in [0.05, 0.1) is 5.56 Å². The SMILES string of the molecule is CCCCCCN(CCCCCC)C(=O)c1ccc(Br)nc1. The van der Waals surface area contributed by atoms with E-state index in [-0.39, 0.29) is 5.91 Å². The Morgan fingerprint density at radius 1 is 1.00 bits per heavy atom. The largest absolute Gasteiger partial charge is 0.339 e. The topological polar surface area (TPSA) is 33.2 Å². The minimum atomic E-state index is 0.119. The summed E-state index contributed by atoms with van der Waals surface area (Å²) in [5, 5.41) is 0. The van der Waals surface area contributed by atoms with Crippen LogP contribution in [0.2, 0.25) is 0 Å². The number of carbonyl (C=O) groups excluding carboxylic acids is 1. The fraction of sp³-hybridized carbons (Fsp3) is 0.667. The molecule has 1 heterocycles. The Bertz CT molecular complexity index is 408. The molecular weight excluding hydrogens is 340 g/mol. The Labute approximate surface area is 143 Å². The first kappa shape index (κ1) is 19.1. The van der Waals surface area contributed by atoms with Gasteiger partial charge in [0.15, 0.2) is 0 Å². The Morgan fingerprint density at radius 2 is 1.59 bits per heavy atom. The second-order valence-electron chi connectivity index (χ2n) is 5.78. The molecule has 22 heavy (non-hydrogen) atoms. The fourth-order valence-electron chi connectivity index (χ4n) is 2.46. The van der Waals surface area contributed by atoms with Crippen LogP contribution in [0, 0.1) is 0 Å². The molecule has 3 nitrogen and oxygen atoms in total. The second kappa shape index (κ2) is 11.6. The molecule has 1 rings (SSSR count). The maximum absolute atomic E-state index is 12.7. The lowest BCUT2D eigenvalue weighted by Gasteiger charge is -2.23. The molecule has 4 heteroatoms. The van der Waals surface area contributed by atoms with Crippen LogP contribution >= 0.6 is 15.9 Å². The van der Waals surface area contributed by atoms with Crippen molar-refractivity contribution >= 4 is 21.8 Å². The molecule has 0 aliphatic carbocycles. The highest BCUT2D eigenvalue weighted by atomic mass is 79.9. The number of aromatic nitrogens is 1. The van der Waals surface area contributed by atoms with Gasteiger partial charge in [-0.05, 0) is 40.9 Å². The summed E-state index contributed by atoms with van der Waals surface area (Å²) in [5.41, 5.74) is 0.689. The van der Waals surface area contributed by atoms with Crippen molar-refractivity contribution in [3.63, 3.8) is 0 Å². The Hall–Kier alpha value is -0.900. The van der Waals surface area contributed by atoms with Crippen LogP contribution in [0.4, 0.5) is 0 Å². The van der Waals surface area contributed by atoms with Gasteiger partial charge < -0.3 is 4.90 Å². The van der Waals surface area contributed by atoms with Crippen LogP contribution in [0.25, 0.3) is 0 Å². The molecule has 0 N–H and O–H groups in total. The normalized spacial score (nSPS) is 10.7. The standard InChI is InChI=1S/C18H29BrN2O/c1-3-5-7-9-13-21(14-10-8-6-4-2)18(22)16-11-12-17(19)20-15-16/h11-12,15H,3-10,13-14H2,1-2H3. The van der Waals surface area contributed by atoms with Crippen molar-refractivity contribution < 1.29 is 4.79 Å². The molecule has 0 radical (unpaired) electrons. The van der Waals surface area contributed by atoms with Gasteiger partial charge in [-0.3, -0.25) is 4.79 Å². The van der Waals surface area contributed by atoms with E-state index in [0.717, 1.165) is 30.5 Å². The summed E-state index contributed by atoms with van der Waals surface area (Å²) in [4.78, 5) is 18.8. The first-order valence-electron chi connectivity index (χ1n) is 8.59. The van der Waals surface area contributed by atoms with Gasteiger partial charge in [0, 0.05) is 19.3 Å². The van der Waals surface area contributed by atoms with Crippen molar-refractivity contribution in [3.8, 4) is 0 Å². The Kier molecular flexibility index (Phi) is 10.1. The number of pyridine rings is 1. The van der Waals surface area contributed by atoms with Gasteiger partial charge >= 0.3 is 0 Å². The summed E-state index contributed by atoms with van der Waals surface area (Å²) >= 11 is 3.31. The molecular formula is C18H29BrN2O. The highest BCUT2D eigenvalue weighted by Gasteiger charge is 2.15. The van der Waals surface area contributed by atoms with E-state index < -0.39 is 0 Å². The molecule has 0 saturated carbocycles. The van der Waals surface area contributed by atoms with Gasteiger partial charge in [0.25, 0.3) is 5.91 Å². The monoisotopic (exact) mass is 368 g/mol.